The van der Waals surface area contributed by atoms with Gasteiger partial charge in [-0.1, -0.05) is 55.8 Å². The number of hydrogen-bond donors (Lipinski definition) is 1. The third kappa shape index (κ3) is 4.44. The second kappa shape index (κ2) is 9.85. The summed E-state index contributed by atoms with van der Waals surface area (Å²) in [7, 11) is -3.84. The Hall–Kier alpha value is -4.18. The summed E-state index contributed by atoms with van der Waals surface area (Å²) in [5.41, 5.74) is 4.11. The number of H-pyrrole nitrogens is 1. The quantitative estimate of drug-likeness (QED) is 0.319. The van der Waals surface area contributed by atoms with E-state index in [9.17, 15) is 13.2 Å². The van der Waals surface area contributed by atoms with E-state index in [4.69, 9.17) is 4.74 Å². The highest BCUT2D eigenvalue weighted by Crippen LogP contribution is 2.37. The molecule has 0 spiro atoms. The molecule has 1 aliphatic heterocycles. The van der Waals surface area contributed by atoms with Crippen molar-refractivity contribution in [2.75, 3.05) is 13.1 Å². The van der Waals surface area contributed by atoms with Crippen molar-refractivity contribution in [3.63, 3.8) is 0 Å². The Bertz CT molecular complexity index is 1780. The summed E-state index contributed by atoms with van der Waals surface area (Å²) in [6.45, 7) is 5.18. The predicted molar refractivity (Wildman–Crippen MR) is 146 cm³/mol. The fourth-order valence-electron chi connectivity index (χ4n) is 5.49. The zero-order chi connectivity index (χ0) is 27.1. The molecular formula is C29H29N5O4S. The number of fused-ring (bicyclic) bond motifs is 3. The lowest BCUT2D eigenvalue weighted by Gasteiger charge is -2.17. The number of nitrogens with zero attached hydrogens (tertiary/aromatic N) is 4. The molecule has 1 aliphatic rings. The van der Waals surface area contributed by atoms with Gasteiger partial charge in [0.15, 0.2) is 11.3 Å². The molecule has 1 saturated heterocycles. The molecule has 1 N–H and O–H groups in total. The lowest BCUT2D eigenvalue weighted by Crippen LogP contribution is -2.29. The number of carbonyl (C=O) groups is 1. The Balaban J connectivity index is 1.37. The van der Waals surface area contributed by atoms with E-state index < -0.39 is 9.84 Å². The van der Waals surface area contributed by atoms with Crippen molar-refractivity contribution in [1.82, 2.24) is 24.3 Å². The first-order chi connectivity index (χ1) is 18.9. The number of likely N-dealkylation sites (tertiary alicyclic amines) is 1. The van der Waals surface area contributed by atoms with Crippen molar-refractivity contribution in [1.29, 1.82) is 0 Å². The largest absolute Gasteiger partial charge is 0.445 e. The lowest BCUT2D eigenvalue weighted by molar-refractivity contribution is 0.103. The Morgan fingerprint density at radius 3 is 2.67 bits per heavy atom. The van der Waals surface area contributed by atoms with Gasteiger partial charge in [-0.25, -0.2) is 23.2 Å². The van der Waals surface area contributed by atoms with Gasteiger partial charge in [0.2, 0.25) is 9.84 Å². The second-order valence-corrected chi connectivity index (χ2v) is 11.9. The normalized spacial score (nSPS) is 17.7. The first kappa shape index (κ1) is 25.1. The minimum atomic E-state index is -3.84. The standard InChI is InChI=1S/C29H29N5O4S/c1-3-21-16-33(29(35)38-18-20-9-5-4-6-10-20)17-23(21)24-13-30-26-15-32-28-27(34(24)26)25(14-31-28)39(36,37)22-11-7-8-19(2)12-22/h4-15,21,23,31H,3,16-18H2,1-2H3/t21-,23+/m1/s1. The number of aromatic nitrogens is 4. The maximum absolute atomic E-state index is 13.8. The van der Waals surface area contributed by atoms with Gasteiger partial charge in [0.1, 0.15) is 17.0 Å². The van der Waals surface area contributed by atoms with Crippen LogP contribution in [0.15, 0.2) is 83.0 Å². The van der Waals surface area contributed by atoms with E-state index in [1.807, 2.05) is 47.7 Å². The Labute approximate surface area is 226 Å². The van der Waals surface area contributed by atoms with Crippen molar-refractivity contribution < 1.29 is 17.9 Å². The number of aryl methyl sites for hydroxylation is 1. The van der Waals surface area contributed by atoms with Gasteiger partial charge in [-0.3, -0.25) is 4.40 Å². The molecule has 200 valence electrons. The smallest absolute Gasteiger partial charge is 0.410 e. The molecule has 2 aromatic carbocycles. The number of benzene rings is 2. The van der Waals surface area contributed by atoms with Gasteiger partial charge in [-0.05, 0) is 36.1 Å². The lowest BCUT2D eigenvalue weighted by atomic mass is 9.91. The summed E-state index contributed by atoms with van der Waals surface area (Å²) in [4.78, 5) is 27.1. The van der Waals surface area contributed by atoms with Crippen LogP contribution in [0.4, 0.5) is 4.79 Å². The summed E-state index contributed by atoms with van der Waals surface area (Å²) >= 11 is 0. The molecule has 0 saturated carbocycles. The van der Waals surface area contributed by atoms with Gasteiger partial charge in [-0.2, -0.15) is 0 Å². The number of imidazole rings is 1. The SMILES string of the molecule is CC[C@@H]1CN(C(=O)OCc2ccccc2)C[C@@H]1c1cnc2cnc3[nH]cc(S(=O)(=O)c4cccc(C)c4)c3n12. The molecule has 10 heteroatoms. The molecule has 1 fully saturated rings. The zero-order valence-corrected chi connectivity index (χ0v) is 22.6. The first-order valence-electron chi connectivity index (χ1n) is 13.0. The molecule has 4 heterocycles. The second-order valence-electron chi connectivity index (χ2n) is 10.0. The van der Waals surface area contributed by atoms with E-state index in [-0.39, 0.29) is 34.3 Å². The fraction of sp³-hybridized carbons (Fsp3) is 0.276. The Morgan fingerprint density at radius 1 is 1.08 bits per heavy atom. The molecular weight excluding hydrogens is 514 g/mol. The van der Waals surface area contributed by atoms with Gasteiger partial charge in [0.25, 0.3) is 0 Å². The maximum atomic E-state index is 13.8. The van der Waals surface area contributed by atoms with Crippen LogP contribution < -0.4 is 0 Å². The van der Waals surface area contributed by atoms with Gasteiger partial charge in [0.05, 0.1) is 11.1 Å². The van der Waals surface area contributed by atoms with Gasteiger partial charge >= 0.3 is 6.09 Å². The van der Waals surface area contributed by atoms with Crippen molar-refractivity contribution in [2.24, 2.45) is 5.92 Å². The Morgan fingerprint density at radius 2 is 1.90 bits per heavy atom. The van der Waals surface area contributed by atoms with Crippen molar-refractivity contribution in [2.45, 2.75) is 42.6 Å². The van der Waals surface area contributed by atoms with Crippen LogP contribution in [0.25, 0.3) is 16.8 Å². The summed E-state index contributed by atoms with van der Waals surface area (Å²) in [6.07, 6.45) is 5.39. The first-order valence-corrected chi connectivity index (χ1v) is 14.5. The number of aromatic amines is 1. The molecule has 1 amide bonds. The number of carbonyl (C=O) groups excluding carboxylic acids is 1. The minimum absolute atomic E-state index is 0.0516. The third-order valence-electron chi connectivity index (χ3n) is 7.54. The van der Waals surface area contributed by atoms with Crippen molar-refractivity contribution in [3.8, 4) is 0 Å². The topological polar surface area (TPSA) is 110 Å². The van der Waals surface area contributed by atoms with Gasteiger partial charge in [0, 0.05) is 37.1 Å². The van der Waals surface area contributed by atoms with Gasteiger partial charge in [-0.15, -0.1) is 0 Å². The van der Waals surface area contributed by atoms with Crippen molar-refractivity contribution in [3.05, 3.63) is 90.0 Å². The van der Waals surface area contributed by atoms with Crippen LogP contribution in [0.1, 0.15) is 36.1 Å². The monoisotopic (exact) mass is 543 g/mol. The molecule has 9 nitrogen and oxygen atoms in total. The van der Waals surface area contributed by atoms with Crippen LogP contribution in [0.3, 0.4) is 0 Å². The van der Waals surface area contributed by atoms with Crippen molar-refractivity contribution >= 4 is 32.7 Å². The third-order valence-corrected chi connectivity index (χ3v) is 9.31. The van der Waals surface area contributed by atoms with Crippen LogP contribution in [0.5, 0.6) is 0 Å². The molecule has 39 heavy (non-hydrogen) atoms. The summed E-state index contributed by atoms with van der Waals surface area (Å²) < 4.78 is 35.0. The van der Waals surface area contributed by atoms with Crippen LogP contribution >= 0.6 is 0 Å². The highest BCUT2D eigenvalue weighted by Gasteiger charge is 2.38. The minimum Gasteiger partial charge on any atom is -0.445 e. The number of nitrogens with one attached hydrogen (secondary N) is 1. The van der Waals surface area contributed by atoms with Crippen LogP contribution in [-0.2, 0) is 21.2 Å². The average molecular weight is 544 g/mol. The molecule has 0 radical (unpaired) electrons. The molecule has 0 unspecified atom stereocenters. The number of ether oxygens (including phenoxy) is 1. The molecule has 2 atom stereocenters. The van der Waals surface area contributed by atoms with E-state index in [2.05, 4.69) is 21.9 Å². The number of hydrogen-bond acceptors (Lipinski definition) is 6. The van der Waals surface area contributed by atoms with E-state index in [1.165, 1.54) is 6.20 Å². The summed E-state index contributed by atoms with van der Waals surface area (Å²) in [5.74, 6) is 0.109. The highest BCUT2D eigenvalue weighted by molar-refractivity contribution is 7.91. The predicted octanol–water partition coefficient (Wildman–Crippen LogP) is 5.11. The fourth-order valence-corrected chi connectivity index (χ4v) is 7.00. The van der Waals surface area contributed by atoms with E-state index >= 15 is 0 Å². The molecule has 3 aromatic heterocycles. The summed E-state index contributed by atoms with van der Waals surface area (Å²) in [6, 6.07) is 16.5. The summed E-state index contributed by atoms with van der Waals surface area (Å²) in [5, 5.41) is 0. The molecule has 0 aliphatic carbocycles. The van der Waals surface area contributed by atoms with E-state index in [0.29, 0.717) is 29.9 Å². The van der Waals surface area contributed by atoms with Crippen LogP contribution in [-0.4, -0.2) is 51.9 Å². The zero-order valence-electron chi connectivity index (χ0n) is 21.7. The number of amides is 1. The van der Waals surface area contributed by atoms with Gasteiger partial charge < -0.3 is 14.6 Å². The number of sulfone groups is 1. The molecule has 6 rings (SSSR count). The number of rotatable bonds is 6. The van der Waals surface area contributed by atoms with Crippen LogP contribution in [0, 0.1) is 12.8 Å². The van der Waals surface area contributed by atoms with Crippen LogP contribution in [0.2, 0.25) is 0 Å². The molecule has 5 aromatic rings. The molecule has 0 bridgehead atoms. The highest BCUT2D eigenvalue weighted by atomic mass is 32.2. The average Bonchev–Trinajstić information content (AvgIpc) is 3.68. The van der Waals surface area contributed by atoms with E-state index in [1.54, 1.807) is 35.5 Å². The maximum Gasteiger partial charge on any atom is 0.410 e. The Kier molecular flexibility index (Phi) is 6.34. The van der Waals surface area contributed by atoms with E-state index in [0.717, 1.165) is 23.2 Å².